The minimum absolute atomic E-state index is 0.316. The van der Waals surface area contributed by atoms with E-state index in [4.69, 9.17) is 0 Å². The van der Waals surface area contributed by atoms with E-state index < -0.39 is 0 Å². The second kappa shape index (κ2) is 4.40. The number of anilines is 1. The molecule has 7 heteroatoms. The van der Waals surface area contributed by atoms with Crippen LogP contribution in [0.5, 0.6) is 0 Å². The van der Waals surface area contributed by atoms with Gasteiger partial charge in [0, 0.05) is 17.7 Å². The average molecular weight is 282 g/mol. The van der Waals surface area contributed by atoms with Crippen molar-refractivity contribution in [2.24, 2.45) is 7.05 Å². The molecular formula is C9H8BrN5O. The molecule has 0 aliphatic rings. The third kappa shape index (κ3) is 2.25. The van der Waals surface area contributed by atoms with Crippen molar-refractivity contribution in [3.63, 3.8) is 0 Å². The predicted octanol–water partition coefficient (Wildman–Crippen LogP) is 1.22. The van der Waals surface area contributed by atoms with Crippen molar-refractivity contribution in [2.75, 3.05) is 5.32 Å². The minimum Gasteiger partial charge on any atom is -0.289 e. The van der Waals surface area contributed by atoms with Gasteiger partial charge >= 0.3 is 0 Å². The molecule has 0 radical (unpaired) electrons. The number of nitrogens with one attached hydrogen (secondary N) is 1. The average Bonchev–Trinajstić information content (AvgIpc) is 2.65. The SMILES string of the molecule is Cn1ncnc1NC(=O)c1ccc(Br)cn1. The number of rotatable bonds is 2. The van der Waals surface area contributed by atoms with Crippen LogP contribution in [-0.4, -0.2) is 25.7 Å². The van der Waals surface area contributed by atoms with E-state index in [2.05, 4.69) is 36.3 Å². The van der Waals surface area contributed by atoms with Crippen LogP contribution in [0, 0.1) is 0 Å². The van der Waals surface area contributed by atoms with Crippen LogP contribution < -0.4 is 5.32 Å². The first-order valence-corrected chi connectivity index (χ1v) is 5.23. The van der Waals surface area contributed by atoms with Gasteiger partial charge in [0.15, 0.2) is 0 Å². The number of nitrogens with zero attached hydrogens (tertiary/aromatic N) is 4. The maximum Gasteiger partial charge on any atom is 0.276 e. The lowest BCUT2D eigenvalue weighted by Crippen LogP contribution is -2.16. The summed E-state index contributed by atoms with van der Waals surface area (Å²) in [6.07, 6.45) is 2.93. The van der Waals surface area contributed by atoms with Gasteiger partial charge in [-0.3, -0.25) is 10.1 Å². The Morgan fingerprint density at radius 2 is 2.25 bits per heavy atom. The van der Waals surface area contributed by atoms with Crippen LogP contribution in [0.1, 0.15) is 10.5 Å². The summed E-state index contributed by atoms with van der Waals surface area (Å²) >= 11 is 3.25. The lowest BCUT2D eigenvalue weighted by molar-refractivity contribution is 0.102. The first kappa shape index (κ1) is 10.7. The quantitative estimate of drug-likeness (QED) is 0.899. The summed E-state index contributed by atoms with van der Waals surface area (Å²) in [7, 11) is 1.69. The second-order valence-electron chi connectivity index (χ2n) is 3.02. The van der Waals surface area contributed by atoms with Crippen LogP contribution in [-0.2, 0) is 7.05 Å². The van der Waals surface area contributed by atoms with E-state index in [-0.39, 0.29) is 5.91 Å². The van der Waals surface area contributed by atoms with Crippen molar-refractivity contribution in [3.8, 4) is 0 Å². The summed E-state index contributed by atoms with van der Waals surface area (Å²) < 4.78 is 2.29. The third-order valence-electron chi connectivity index (χ3n) is 1.90. The largest absolute Gasteiger partial charge is 0.289 e. The molecule has 2 aromatic heterocycles. The molecule has 2 rings (SSSR count). The molecular weight excluding hydrogens is 274 g/mol. The molecule has 82 valence electrons. The van der Waals surface area contributed by atoms with Crippen LogP contribution in [0.4, 0.5) is 5.95 Å². The molecule has 0 aliphatic carbocycles. The van der Waals surface area contributed by atoms with Crippen molar-refractivity contribution in [2.45, 2.75) is 0 Å². The summed E-state index contributed by atoms with van der Waals surface area (Å²) in [4.78, 5) is 19.6. The van der Waals surface area contributed by atoms with E-state index in [0.717, 1.165) is 4.47 Å². The number of amides is 1. The topological polar surface area (TPSA) is 72.7 Å². The van der Waals surface area contributed by atoms with Gasteiger partial charge in [0.1, 0.15) is 12.0 Å². The molecule has 0 aliphatic heterocycles. The van der Waals surface area contributed by atoms with Gasteiger partial charge in [-0.15, -0.1) is 0 Å². The Kier molecular flexibility index (Phi) is 2.95. The van der Waals surface area contributed by atoms with Gasteiger partial charge in [-0.25, -0.2) is 9.67 Å². The third-order valence-corrected chi connectivity index (χ3v) is 2.37. The Labute approximate surface area is 99.8 Å². The first-order chi connectivity index (χ1) is 7.66. The Morgan fingerprint density at radius 3 is 2.81 bits per heavy atom. The molecule has 0 atom stereocenters. The number of carbonyl (C=O) groups excluding carboxylic acids is 1. The number of aromatic nitrogens is 4. The van der Waals surface area contributed by atoms with E-state index in [0.29, 0.717) is 11.6 Å². The van der Waals surface area contributed by atoms with Crippen LogP contribution in [0.2, 0.25) is 0 Å². The summed E-state index contributed by atoms with van der Waals surface area (Å²) in [5, 5.41) is 6.44. The van der Waals surface area contributed by atoms with E-state index in [1.165, 1.54) is 11.0 Å². The fourth-order valence-corrected chi connectivity index (χ4v) is 1.32. The number of aryl methyl sites for hydroxylation is 1. The van der Waals surface area contributed by atoms with Crippen molar-refractivity contribution in [1.82, 2.24) is 19.7 Å². The molecule has 0 saturated carbocycles. The fourth-order valence-electron chi connectivity index (χ4n) is 1.09. The number of hydrogen-bond donors (Lipinski definition) is 1. The normalized spacial score (nSPS) is 10.1. The minimum atomic E-state index is -0.316. The molecule has 0 unspecified atom stereocenters. The molecule has 0 fully saturated rings. The van der Waals surface area contributed by atoms with E-state index in [1.807, 2.05) is 0 Å². The van der Waals surface area contributed by atoms with Crippen LogP contribution in [0.15, 0.2) is 29.1 Å². The molecule has 0 saturated heterocycles. The molecule has 6 nitrogen and oxygen atoms in total. The van der Waals surface area contributed by atoms with Crippen molar-refractivity contribution in [1.29, 1.82) is 0 Å². The van der Waals surface area contributed by atoms with Crippen LogP contribution in [0.25, 0.3) is 0 Å². The maximum absolute atomic E-state index is 11.7. The van der Waals surface area contributed by atoms with Gasteiger partial charge in [-0.05, 0) is 28.1 Å². The number of carbonyl (C=O) groups is 1. The molecule has 1 amide bonds. The monoisotopic (exact) mass is 281 g/mol. The lowest BCUT2D eigenvalue weighted by atomic mass is 10.3. The summed E-state index contributed by atoms with van der Waals surface area (Å²) in [5.74, 6) is 0.0679. The molecule has 2 aromatic rings. The highest BCUT2D eigenvalue weighted by molar-refractivity contribution is 9.10. The number of halogens is 1. The smallest absolute Gasteiger partial charge is 0.276 e. The van der Waals surface area contributed by atoms with Crippen LogP contribution >= 0.6 is 15.9 Å². The summed E-state index contributed by atoms with van der Waals surface area (Å²) in [6.45, 7) is 0. The number of pyridine rings is 1. The van der Waals surface area contributed by atoms with Crippen molar-refractivity contribution in [3.05, 3.63) is 34.8 Å². The standard InChI is InChI=1S/C9H8BrN5O/c1-15-9(12-5-13-15)14-8(16)7-3-2-6(10)4-11-7/h2-5H,1H3,(H,12,13,14,16). The zero-order valence-electron chi connectivity index (χ0n) is 8.38. The maximum atomic E-state index is 11.7. The Bertz CT molecular complexity index is 507. The highest BCUT2D eigenvalue weighted by Gasteiger charge is 2.09. The zero-order chi connectivity index (χ0) is 11.5. The van der Waals surface area contributed by atoms with Gasteiger partial charge in [-0.2, -0.15) is 10.1 Å². The molecule has 1 N–H and O–H groups in total. The van der Waals surface area contributed by atoms with E-state index in [9.17, 15) is 4.79 Å². The Hall–Kier alpha value is -1.76. The van der Waals surface area contributed by atoms with Gasteiger partial charge < -0.3 is 0 Å². The van der Waals surface area contributed by atoms with Crippen LogP contribution in [0.3, 0.4) is 0 Å². The Balaban J connectivity index is 2.15. The van der Waals surface area contributed by atoms with E-state index in [1.54, 1.807) is 25.4 Å². The van der Waals surface area contributed by atoms with Gasteiger partial charge in [0.2, 0.25) is 5.95 Å². The predicted molar refractivity (Wildman–Crippen MR) is 60.9 cm³/mol. The molecule has 2 heterocycles. The Morgan fingerprint density at radius 1 is 1.44 bits per heavy atom. The van der Waals surface area contributed by atoms with Crippen molar-refractivity contribution < 1.29 is 4.79 Å². The molecule has 0 bridgehead atoms. The zero-order valence-corrected chi connectivity index (χ0v) is 9.97. The first-order valence-electron chi connectivity index (χ1n) is 4.44. The highest BCUT2D eigenvalue weighted by Crippen LogP contribution is 2.08. The van der Waals surface area contributed by atoms with Gasteiger partial charge in [0.05, 0.1) is 0 Å². The highest BCUT2D eigenvalue weighted by atomic mass is 79.9. The second-order valence-corrected chi connectivity index (χ2v) is 3.94. The summed E-state index contributed by atoms with van der Waals surface area (Å²) in [5.41, 5.74) is 0.325. The fraction of sp³-hybridized carbons (Fsp3) is 0.111. The molecule has 0 spiro atoms. The number of hydrogen-bond acceptors (Lipinski definition) is 4. The summed E-state index contributed by atoms with van der Waals surface area (Å²) in [6, 6.07) is 3.37. The van der Waals surface area contributed by atoms with Crippen molar-refractivity contribution >= 4 is 27.8 Å². The van der Waals surface area contributed by atoms with Gasteiger partial charge in [0.25, 0.3) is 5.91 Å². The van der Waals surface area contributed by atoms with E-state index >= 15 is 0 Å². The molecule has 0 aromatic carbocycles. The van der Waals surface area contributed by atoms with Gasteiger partial charge in [-0.1, -0.05) is 0 Å². The lowest BCUT2D eigenvalue weighted by Gasteiger charge is -2.02. The molecule has 16 heavy (non-hydrogen) atoms.